The van der Waals surface area contributed by atoms with Crippen LogP contribution in [0, 0.1) is 13.8 Å². The van der Waals surface area contributed by atoms with Gasteiger partial charge in [0.05, 0.1) is 28.1 Å². The number of fused-ring (bicyclic) bond motifs is 1. The van der Waals surface area contributed by atoms with Gasteiger partial charge in [-0.05, 0) is 37.1 Å². The number of imidazole rings is 1. The molecule has 2 aromatic heterocycles. The first-order chi connectivity index (χ1) is 17.8. The highest BCUT2D eigenvalue weighted by Crippen LogP contribution is 2.44. The standard InChI is InChI=1S/C26H26N6O4S/c1-14-7-3-5-9-16(14)24(33)35-12-19-18(36-25(34)17-10-6-4-8-15(17)2)11-20(37-19)32-13-29-21-22(27)30-26(28)31-23(21)32/h3-10,13,18-20H,11-12H2,1-2H3,(H4,27,28,30,31)/t18-,19+,20+/m0/s1. The zero-order valence-corrected chi connectivity index (χ0v) is 21.1. The molecule has 4 N–H and O–H groups in total. The number of aromatic nitrogens is 4. The van der Waals surface area contributed by atoms with Crippen LogP contribution in [0.15, 0.2) is 54.9 Å². The van der Waals surface area contributed by atoms with Crippen LogP contribution in [0.4, 0.5) is 11.8 Å². The molecular formula is C26H26N6O4S. The molecule has 2 aromatic carbocycles. The maximum atomic E-state index is 13.1. The predicted molar refractivity (Wildman–Crippen MR) is 141 cm³/mol. The van der Waals surface area contributed by atoms with Crippen molar-refractivity contribution in [2.45, 2.75) is 37.0 Å². The van der Waals surface area contributed by atoms with Crippen molar-refractivity contribution in [3.63, 3.8) is 0 Å². The molecule has 0 bridgehead atoms. The summed E-state index contributed by atoms with van der Waals surface area (Å²) in [6.07, 6.45) is 1.54. The molecule has 5 rings (SSSR count). The van der Waals surface area contributed by atoms with Crippen molar-refractivity contribution >= 4 is 46.6 Å². The number of ether oxygens (including phenoxy) is 2. The fraction of sp³-hybridized carbons (Fsp3) is 0.269. The van der Waals surface area contributed by atoms with Crippen molar-refractivity contribution in [3.8, 4) is 0 Å². The van der Waals surface area contributed by atoms with Gasteiger partial charge in [-0.1, -0.05) is 36.4 Å². The minimum atomic E-state index is -0.527. The summed E-state index contributed by atoms with van der Waals surface area (Å²) in [4.78, 5) is 38.5. The Morgan fingerprint density at radius 3 is 2.32 bits per heavy atom. The Bertz CT molecular complexity index is 1490. The highest BCUT2D eigenvalue weighted by molar-refractivity contribution is 8.00. The summed E-state index contributed by atoms with van der Waals surface area (Å²) in [6, 6.07) is 14.5. The monoisotopic (exact) mass is 518 g/mol. The summed E-state index contributed by atoms with van der Waals surface area (Å²) in [5, 5.41) is -0.532. The van der Waals surface area contributed by atoms with Crippen LogP contribution in [-0.2, 0) is 9.47 Å². The fourth-order valence-electron chi connectivity index (χ4n) is 4.35. The second kappa shape index (κ2) is 10.1. The fourth-order valence-corrected chi connectivity index (χ4v) is 5.83. The average Bonchev–Trinajstić information content (AvgIpc) is 3.47. The first-order valence-corrected chi connectivity index (χ1v) is 12.7. The zero-order chi connectivity index (χ0) is 26.1. The number of anilines is 2. The van der Waals surface area contributed by atoms with E-state index in [4.69, 9.17) is 20.9 Å². The van der Waals surface area contributed by atoms with Gasteiger partial charge in [0.25, 0.3) is 0 Å². The van der Waals surface area contributed by atoms with E-state index in [1.807, 2.05) is 42.7 Å². The van der Waals surface area contributed by atoms with Crippen LogP contribution in [0.2, 0.25) is 0 Å². The van der Waals surface area contributed by atoms with E-state index < -0.39 is 18.0 Å². The second-order valence-electron chi connectivity index (χ2n) is 8.83. The lowest BCUT2D eigenvalue weighted by Gasteiger charge is -2.19. The van der Waals surface area contributed by atoms with Gasteiger partial charge >= 0.3 is 11.9 Å². The molecule has 3 atom stereocenters. The largest absolute Gasteiger partial charge is 0.461 e. The number of thioether (sulfide) groups is 1. The number of rotatable bonds is 6. The van der Waals surface area contributed by atoms with Crippen LogP contribution in [0.5, 0.6) is 0 Å². The van der Waals surface area contributed by atoms with E-state index in [1.54, 1.807) is 30.6 Å². The van der Waals surface area contributed by atoms with Gasteiger partial charge in [-0.3, -0.25) is 0 Å². The van der Waals surface area contributed by atoms with E-state index in [-0.39, 0.29) is 29.0 Å². The van der Waals surface area contributed by atoms with Crippen molar-refractivity contribution in [1.82, 2.24) is 19.5 Å². The lowest BCUT2D eigenvalue weighted by Crippen LogP contribution is -2.30. The molecule has 1 aliphatic rings. The number of hydrogen-bond donors (Lipinski definition) is 2. The van der Waals surface area contributed by atoms with Gasteiger partial charge in [0, 0.05) is 6.42 Å². The molecule has 0 amide bonds. The number of nitrogens with zero attached hydrogens (tertiary/aromatic N) is 4. The lowest BCUT2D eigenvalue weighted by molar-refractivity contribution is 0.0205. The SMILES string of the molecule is Cc1ccccc1C(=O)OC[C@H]1S[C@@H](n2cnc3c(N)nc(N)nc32)C[C@@H]1OC(=O)c1ccccc1C. The molecule has 1 aliphatic heterocycles. The van der Waals surface area contributed by atoms with Crippen molar-refractivity contribution in [2.24, 2.45) is 0 Å². The molecule has 190 valence electrons. The minimum Gasteiger partial charge on any atom is -0.461 e. The number of esters is 2. The first kappa shape index (κ1) is 24.6. The number of hydrogen-bond acceptors (Lipinski definition) is 10. The Morgan fingerprint density at radius 2 is 1.65 bits per heavy atom. The summed E-state index contributed by atoms with van der Waals surface area (Å²) >= 11 is 1.51. The third kappa shape index (κ3) is 4.94. The predicted octanol–water partition coefficient (Wildman–Crippen LogP) is 3.69. The molecule has 0 saturated carbocycles. The molecule has 1 fully saturated rings. The molecule has 4 aromatic rings. The van der Waals surface area contributed by atoms with Crippen molar-refractivity contribution in [1.29, 1.82) is 0 Å². The Labute approximate surface area is 217 Å². The smallest absolute Gasteiger partial charge is 0.338 e. The van der Waals surface area contributed by atoms with Crippen LogP contribution >= 0.6 is 11.8 Å². The third-order valence-corrected chi connectivity index (χ3v) is 7.85. The maximum absolute atomic E-state index is 13.1. The first-order valence-electron chi connectivity index (χ1n) is 11.7. The third-order valence-electron chi connectivity index (χ3n) is 6.32. The van der Waals surface area contributed by atoms with E-state index in [0.29, 0.717) is 28.7 Å². The van der Waals surface area contributed by atoms with Gasteiger partial charge in [0.15, 0.2) is 11.5 Å². The summed E-state index contributed by atoms with van der Waals surface area (Å²) < 4.78 is 13.5. The highest BCUT2D eigenvalue weighted by Gasteiger charge is 2.40. The second-order valence-corrected chi connectivity index (χ2v) is 10.2. The van der Waals surface area contributed by atoms with Crippen LogP contribution in [0.25, 0.3) is 11.2 Å². The molecule has 0 radical (unpaired) electrons. The number of carbonyl (C=O) groups is 2. The summed E-state index contributed by atoms with van der Waals surface area (Å²) in [7, 11) is 0. The topological polar surface area (TPSA) is 148 Å². The molecule has 11 heteroatoms. The Kier molecular flexibility index (Phi) is 6.70. The Hall–Kier alpha value is -4.12. The van der Waals surface area contributed by atoms with E-state index in [2.05, 4.69) is 15.0 Å². The summed E-state index contributed by atoms with van der Waals surface area (Å²) in [5.74, 6) is -0.616. The molecule has 0 unspecified atom stereocenters. The molecule has 0 spiro atoms. The quantitative estimate of drug-likeness (QED) is 0.362. The molecule has 37 heavy (non-hydrogen) atoms. The molecule has 0 aliphatic carbocycles. The van der Waals surface area contributed by atoms with Gasteiger partial charge < -0.3 is 25.5 Å². The average molecular weight is 519 g/mol. The lowest BCUT2D eigenvalue weighted by atomic mass is 10.1. The van der Waals surface area contributed by atoms with E-state index in [0.717, 1.165) is 11.1 Å². The summed E-state index contributed by atoms with van der Waals surface area (Å²) in [5.41, 5.74) is 15.4. The van der Waals surface area contributed by atoms with E-state index >= 15 is 0 Å². The van der Waals surface area contributed by atoms with Crippen molar-refractivity contribution in [3.05, 3.63) is 77.1 Å². The zero-order valence-electron chi connectivity index (χ0n) is 20.3. The maximum Gasteiger partial charge on any atom is 0.338 e. The van der Waals surface area contributed by atoms with Crippen LogP contribution in [0.1, 0.15) is 43.6 Å². The minimum absolute atomic E-state index is 0.0426. The van der Waals surface area contributed by atoms with E-state index in [9.17, 15) is 9.59 Å². The van der Waals surface area contributed by atoms with Gasteiger partial charge in [-0.2, -0.15) is 9.97 Å². The Morgan fingerprint density at radius 1 is 1.00 bits per heavy atom. The van der Waals surface area contributed by atoms with Gasteiger partial charge in [0.2, 0.25) is 5.95 Å². The van der Waals surface area contributed by atoms with Crippen LogP contribution in [0.3, 0.4) is 0 Å². The molecule has 10 nitrogen and oxygen atoms in total. The number of aryl methyl sites for hydroxylation is 2. The van der Waals surface area contributed by atoms with Crippen molar-refractivity contribution < 1.29 is 19.1 Å². The van der Waals surface area contributed by atoms with Gasteiger partial charge in [0.1, 0.15) is 18.2 Å². The Balaban J connectivity index is 1.40. The van der Waals surface area contributed by atoms with Crippen LogP contribution < -0.4 is 11.5 Å². The molecule has 1 saturated heterocycles. The normalized spacial score (nSPS) is 19.1. The number of nitrogen functional groups attached to an aromatic ring is 2. The number of benzene rings is 2. The summed E-state index contributed by atoms with van der Waals surface area (Å²) in [6.45, 7) is 3.77. The molecular weight excluding hydrogens is 492 g/mol. The van der Waals surface area contributed by atoms with Crippen LogP contribution in [-0.4, -0.2) is 49.4 Å². The van der Waals surface area contributed by atoms with Gasteiger partial charge in [-0.25, -0.2) is 14.6 Å². The number of nitrogens with two attached hydrogens (primary N) is 2. The number of carbonyl (C=O) groups excluding carboxylic acids is 2. The van der Waals surface area contributed by atoms with E-state index in [1.165, 1.54) is 11.8 Å². The van der Waals surface area contributed by atoms with Gasteiger partial charge in [-0.15, -0.1) is 11.8 Å². The highest BCUT2D eigenvalue weighted by atomic mass is 32.2. The van der Waals surface area contributed by atoms with Crippen molar-refractivity contribution in [2.75, 3.05) is 18.1 Å². The molecule has 3 heterocycles.